The molecule has 43 heavy (non-hydrogen) atoms. The third-order valence-corrected chi connectivity index (χ3v) is 3.14. The van der Waals surface area contributed by atoms with Gasteiger partial charge in [0.15, 0.2) is 0 Å². The Labute approximate surface area is 359 Å². The number of carbonyl (C=O) groups excluding carboxylic acids is 8. The third kappa shape index (κ3) is 42.5. The van der Waals surface area contributed by atoms with Crippen molar-refractivity contribution in [2.24, 2.45) is 0 Å². The van der Waals surface area contributed by atoms with Crippen LogP contribution in [0.4, 0.5) is 0 Å². The van der Waals surface area contributed by atoms with Crippen LogP contribution in [0.15, 0.2) is 0 Å². The summed E-state index contributed by atoms with van der Waals surface area (Å²) in [6.07, 6.45) is -8.32. The summed E-state index contributed by atoms with van der Waals surface area (Å²) in [5.74, 6) is -15.4. The number of hydrogen-bond acceptors (Lipinski definition) is 19. The maximum Gasteiger partial charge on any atom is 2.00 e. The Morgan fingerprint density at radius 2 is 0.651 bits per heavy atom. The molecular weight excluding hydrogens is 720 g/mol. The van der Waals surface area contributed by atoms with E-state index in [1.807, 2.05) is 0 Å². The van der Waals surface area contributed by atoms with E-state index in [0.29, 0.717) is 0 Å². The van der Waals surface area contributed by atoms with Crippen LogP contribution < -0.4 is 40.9 Å². The molecule has 0 aromatic carbocycles. The second-order valence-corrected chi connectivity index (χ2v) is 6.24. The first-order chi connectivity index (χ1) is 15.6. The van der Waals surface area contributed by atoms with Gasteiger partial charge in [-0.2, -0.15) is 0 Å². The first kappa shape index (κ1) is 74.4. The van der Waals surface area contributed by atoms with E-state index in [1.54, 1.807) is 0 Å². The summed E-state index contributed by atoms with van der Waals surface area (Å²) in [6, 6.07) is 0. The summed E-state index contributed by atoms with van der Waals surface area (Å²) in [4.78, 5) is 79.1. The number of hydrogen-bond donors (Lipinski definition) is 3. The topological polar surface area (TPSA) is 508 Å². The molecule has 0 saturated heterocycles. The van der Waals surface area contributed by atoms with Crippen LogP contribution in [0.2, 0.25) is 0 Å². The second-order valence-electron chi connectivity index (χ2n) is 6.24. The minimum atomic E-state index is -2.97. The van der Waals surface area contributed by atoms with E-state index in [9.17, 15) is 79.2 Å². The molecule has 0 bridgehead atoms. The number of aliphatic carboxylic acids is 8. The number of aliphatic hydroxyl groups is 3. The molecule has 0 saturated carbocycles. The Bertz CT molecular complexity index is 765. The molecule has 0 aliphatic carbocycles. The molecule has 0 spiro atoms. The zero-order valence-electron chi connectivity index (χ0n) is 21.8. The first-order valence-electron chi connectivity index (χ1n) is 8.35. The molecule has 1 atom stereocenters. The van der Waals surface area contributed by atoms with Crippen LogP contribution in [0.25, 0.3) is 0 Å². The van der Waals surface area contributed by atoms with E-state index >= 15 is 0 Å². The second kappa shape index (κ2) is 37.0. The van der Waals surface area contributed by atoms with Gasteiger partial charge in [-0.1, -0.05) is 0 Å². The van der Waals surface area contributed by atoms with Crippen molar-refractivity contribution >= 4 is 199 Å². The van der Waals surface area contributed by atoms with Gasteiger partial charge in [0.1, 0.15) is 11.2 Å². The first-order valence-corrected chi connectivity index (χ1v) is 8.35. The van der Waals surface area contributed by atoms with Gasteiger partial charge in [-0.05, 0) is 0 Å². The minimum Gasteiger partial charge on any atom is -0.550 e. The largest absolute Gasteiger partial charge is 2.00 e. The van der Waals surface area contributed by atoms with Crippen LogP contribution in [-0.2, 0) is 38.4 Å². The van der Waals surface area contributed by atoms with Gasteiger partial charge in [-0.15, -0.1) is 0 Å². The van der Waals surface area contributed by atoms with Crippen molar-refractivity contribution in [2.75, 3.05) is 0 Å². The van der Waals surface area contributed by atoms with Crippen LogP contribution in [0.3, 0.4) is 0 Å². The van der Waals surface area contributed by atoms with E-state index < -0.39 is 97.2 Å². The van der Waals surface area contributed by atoms with Crippen molar-refractivity contribution in [3.63, 3.8) is 0 Å². The molecule has 0 amide bonds. The van der Waals surface area contributed by atoms with E-state index in [0.717, 1.165) is 0 Å². The molecule has 11 N–H and O–H groups in total. The molecule has 0 aromatic heterocycles. The molecule has 0 aliphatic heterocycles. The fourth-order valence-corrected chi connectivity index (χ4v) is 1.61. The van der Waals surface area contributed by atoms with Crippen LogP contribution in [0.1, 0.15) is 32.1 Å². The Kier molecular flexibility index (Phi) is 64.0. The summed E-state index contributed by atoms with van der Waals surface area (Å²) in [7, 11) is 0. The van der Waals surface area contributed by atoms with Crippen molar-refractivity contribution < 1.29 is 116 Å². The third-order valence-electron chi connectivity index (χ3n) is 3.14. The Hall–Kier alpha value is 0.519. The van der Waals surface area contributed by atoms with Gasteiger partial charge >= 0.3 is 151 Å². The van der Waals surface area contributed by atoms with Gasteiger partial charge in [0, 0.05) is 62.0 Å². The smallest absolute Gasteiger partial charge is 0.550 e. The van der Waals surface area contributed by atoms with Gasteiger partial charge in [0.25, 0.3) is 0 Å². The van der Waals surface area contributed by atoms with Gasteiger partial charge in [-0.3, -0.25) is 0 Å². The zero-order chi connectivity index (χ0) is 28.7. The molecule has 232 valence electrons. The Morgan fingerprint density at radius 1 is 0.465 bits per heavy atom. The summed E-state index contributed by atoms with van der Waals surface area (Å²) in [5.41, 5.74) is -5.95. The van der Waals surface area contributed by atoms with Crippen LogP contribution in [0, 0.1) is 0 Å². The molecule has 23 nitrogen and oxygen atoms in total. The standard InChI is InChI=1S/2C6H8O7.C4H6O5.4Ca.4H2O/c2*7-3(8)1-6(13,5(11)12)2-4(9)10;5-2(4(8)9)1-3(6)7;;;;;;;;/h2*13H,1-2H2,(H,7,8)(H,9,10)(H,11,12);2,5H,1H2,(H,6,7)(H,8,9);;;;;4*1H2/q;;;4*+2;;;;/p-8. The van der Waals surface area contributed by atoms with Crippen molar-refractivity contribution in [3.8, 4) is 0 Å². The molecule has 0 fully saturated rings. The average Bonchev–Trinajstić information content (AvgIpc) is 2.58. The molecule has 0 radical (unpaired) electrons. The van der Waals surface area contributed by atoms with E-state index in [1.165, 1.54) is 0 Å². The molecule has 0 aromatic rings. The maximum atomic E-state index is 10.1. The number of carboxylic acids is 8. The fourth-order valence-electron chi connectivity index (χ4n) is 1.61. The molecule has 0 rings (SSSR count). The average molecular weight is 743 g/mol. The molecular formula is C16H22Ca4O23. The number of carbonyl (C=O) groups is 8. The Morgan fingerprint density at radius 3 is 0.721 bits per heavy atom. The van der Waals surface area contributed by atoms with E-state index in [-0.39, 0.29) is 173 Å². The van der Waals surface area contributed by atoms with Crippen LogP contribution >= 0.6 is 0 Å². The van der Waals surface area contributed by atoms with Gasteiger partial charge in [0.05, 0.1) is 24.0 Å². The summed E-state index contributed by atoms with van der Waals surface area (Å²) >= 11 is 0. The van der Waals surface area contributed by atoms with E-state index in [2.05, 4.69) is 0 Å². The van der Waals surface area contributed by atoms with E-state index in [4.69, 9.17) is 15.3 Å². The zero-order valence-corrected chi connectivity index (χ0v) is 30.6. The van der Waals surface area contributed by atoms with Crippen molar-refractivity contribution in [2.45, 2.75) is 49.4 Å². The molecule has 0 heterocycles. The quantitative estimate of drug-likeness (QED) is 0.147. The minimum absolute atomic E-state index is 0. The number of carboxylic acid groups (broad SMARTS) is 8. The van der Waals surface area contributed by atoms with Crippen molar-refractivity contribution in [1.82, 2.24) is 0 Å². The predicted molar refractivity (Wildman–Crippen MR) is 117 cm³/mol. The van der Waals surface area contributed by atoms with Gasteiger partial charge in [-0.25, -0.2) is 0 Å². The summed E-state index contributed by atoms with van der Waals surface area (Å²) in [5, 5.41) is 105. The molecule has 27 heteroatoms. The monoisotopic (exact) mass is 742 g/mol. The van der Waals surface area contributed by atoms with Crippen molar-refractivity contribution in [3.05, 3.63) is 0 Å². The molecule has 0 aliphatic rings. The number of rotatable bonds is 13. The number of aliphatic hydroxyl groups excluding tert-OH is 1. The predicted octanol–water partition coefficient (Wildman–Crippen LogP) is -19.1. The van der Waals surface area contributed by atoms with Crippen LogP contribution in [0.5, 0.6) is 0 Å². The summed E-state index contributed by atoms with van der Waals surface area (Å²) in [6.45, 7) is 0. The van der Waals surface area contributed by atoms with Gasteiger partial charge in [0.2, 0.25) is 0 Å². The van der Waals surface area contributed by atoms with Crippen LogP contribution in [-0.4, -0.2) is 253 Å². The SMILES string of the molecule is O.O.O.O.O=C([O-])CC(O)(CC(=O)[O-])C(=O)[O-].O=C([O-])CC(O)(CC(=O)[O-])C(=O)[O-].O=C([O-])CC(O)C(=O)[O-].[Ca+2].[Ca+2].[Ca+2].[Ca+2]. The fraction of sp³-hybridized carbons (Fsp3) is 0.500. The normalized spacial score (nSPS) is 9.19. The Balaban J connectivity index is -0.0000000368. The molecule has 1 unspecified atom stereocenters. The van der Waals surface area contributed by atoms with Crippen molar-refractivity contribution in [1.29, 1.82) is 0 Å². The van der Waals surface area contributed by atoms with Gasteiger partial charge < -0.3 is 116 Å². The maximum absolute atomic E-state index is 10.1. The summed E-state index contributed by atoms with van der Waals surface area (Å²) < 4.78 is 0.